The van der Waals surface area contributed by atoms with Crippen LogP contribution in [0.5, 0.6) is 0 Å². The zero-order valence-electron chi connectivity index (χ0n) is 9.83. The molecule has 0 aliphatic heterocycles. The third-order valence-electron chi connectivity index (χ3n) is 2.71. The average molecular weight is 208 g/mol. The Bertz CT molecular complexity index is 501. The molecule has 0 saturated heterocycles. The summed E-state index contributed by atoms with van der Waals surface area (Å²) in [6.45, 7) is 8.13. The van der Waals surface area contributed by atoms with E-state index >= 15 is 0 Å². The number of hydrogen-bond donors (Lipinski definition) is 0. The Balaban J connectivity index is 2.62. The average Bonchev–Trinajstić information content (AvgIpc) is 2.27. The summed E-state index contributed by atoms with van der Waals surface area (Å²) in [7, 11) is 0. The van der Waals surface area contributed by atoms with Gasteiger partial charge in [-0.25, -0.2) is 0 Å². The molecule has 0 nitrogen and oxygen atoms in total. The highest BCUT2D eigenvalue weighted by Crippen LogP contribution is 2.26. The van der Waals surface area contributed by atoms with E-state index < -0.39 is 0 Å². The number of rotatable bonds is 2. The van der Waals surface area contributed by atoms with Crippen molar-refractivity contribution < 1.29 is 0 Å². The highest BCUT2D eigenvalue weighted by Gasteiger charge is 2.02. The van der Waals surface area contributed by atoms with Crippen LogP contribution in [0.25, 0.3) is 17.2 Å². The molecule has 2 aromatic rings. The largest absolute Gasteiger partial charge is 0.0984 e. The molecule has 0 heterocycles. The molecule has 0 atom stereocenters. The molecule has 2 rings (SSSR count). The van der Waals surface area contributed by atoms with E-state index in [0.29, 0.717) is 0 Å². The van der Waals surface area contributed by atoms with Gasteiger partial charge in [-0.3, -0.25) is 0 Å². The maximum atomic E-state index is 3.86. The smallest absolute Gasteiger partial charge is 0.0111 e. The topological polar surface area (TPSA) is 0 Å². The van der Waals surface area contributed by atoms with Gasteiger partial charge in [-0.1, -0.05) is 66.2 Å². The second-order valence-electron chi connectivity index (χ2n) is 4.17. The van der Waals surface area contributed by atoms with Crippen LogP contribution in [0.1, 0.15) is 16.7 Å². The van der Waals surface area contributed by atoms with Crippen molar-refractivity contribution in [1.82, 2.24) is 0 Å². The lowest BCUT2D eigenvalue weighted by molar-refractivity contribution is 1.38. The maximum Gasteiger partial charge on any atom is -0.0111 e. The molecule has 2 aromatic carbocycles. The van der Waals surface area contributed by atoms with Gasteiger partial charge < -0.3 is 0 Å². The fourth-order valence-corrected chi connectivity index (χ4v) is 2.07. The van der Waals surface area contributed by atoms with Crippen LogP contribution in [0.4, 0.5) is 0 Å². The predicted molar refractivity (Wildman–Crippen MR) is 71.4 cm³/mol. The summed E-state index contributed by atoms with van der Waals surface area (Å²) in [6.07, 6.45) is 1.91. The van der Waals surface area contributed by atoms with Crippen molar-refractivity contribution in [3.8, 4) is 11.1 Å². The van der Waals surface area contributed by atoms with Crippen molar-refractivity contribution in [2.75, 3.05) is 0 Å². The molecule has 0 radical (unpaired) electrons. The van der Waals surface area contributed by atoms with E-state index in [-0.39, 0.29) is 0 Å². The molecular weight excluding hydrogens is 192 g/mol. The summed E-state index contributed by atoms with van der Waals surface area (Å²) < 4.78 is 0. The molecule has 0 saturated carbocycles. The molecule has 0 bridgehead atoms. The second-order valence-corrected chi connectivity index (χ2v) is 4.17. The minimum absolute atomic E-state index is 1.19. The van der Waals surface area contributed by atoms with Crippen LogP contribution in [0.15, 0.2) is 49.0 Å². The van der Waals surface area contributed by atoms with Gasteiger partial charge in [-0.05, 0) is 30.5 Å². The first-order chi connectivity index (χ1) is 7.70. The minimum atomic E-state index is 1.19. The van der Waals surface area contributed by atoms with E-state index in [9.17, 15) is 0 Å². The standard InChI is InChI=1S/C16H16/c1-4-14-7-5-6-8-16(14)15-10-12(2)9-13(3)11-15/h4-11H,1H2,2-3H3. The Morgan fingerprint density at radius 1 is 0.938 bits per heavy atom. The van der Waals surface area contributed by atoms with Gasteiger partial charge in [0, 0.05) is 0 Å². The summed E-state index contributed by atoms with van der Waals surface area (Å²) in [5, 5.41) is 0. The van der Waals surface area contributed by atoms with Gasteiger partial charge in [-0.2, -0.15) is 0 Å². The van der Waals surface area contributed by atoms with Crippen LogP contribution in [0.2, 0.25) is 0 Å². The molecule has 80 valence electrons. The van der Waals surface area contributed by atoms with Gasteiger partial charge in [0.15, 0.2) is 0 Å². The predicted octanol–water partition coefficient (Wildman–Crippen LogP) is 4.61. The van der Waals surface area contributed by atoms with Gasteiger partial charge in [-0.15, -0.1) is 0 Å². The quantitative estimate of drug-likeness (QED) is 0.676. The molecule has 0 aliphatic carbocycles. The Hall–Kier alpha value is -1.82. The van der Waals surface area contributed by atoms with Crippen molar-refractivity contribution in [2.45, 2.75) is 13.8 Å². The summed E-state index contributed by atoms with van der Waals surface area (Å²) in [5.74, 6) is 0. The lowest BCUT2D eigenvalue weighted by atomic mass is 9.97. The van der Waals surface area contributed by atoms with Crippen molar-refractivity contribution in [2.24, 2.45) is 0 Å². The number of benzene rings is 2. The van der Waals surface area contributed by atoms with E-state index in [2.05, 4.69) is 56.8 Å². The first-order valence-corrected chi connectivity index (χ1v) is 5.51. The summed E-state index contributed by atoms with van der Waals surface area (Å²) in [4.78, 5) is 0. The summed E-state index contributed by atoms with van der Waals surface area (Å²) in [6, 6.07) is 15.0. The van der Waals surface area contributed by atoms with E-state index in [4.69, 9.17) is 0 Å². The van der Waals surface area contributed by atoms with Gasteiger partial charge >= 0.3 is 0 Å². The molecule has 16 heavy (non-hydrogen) atoms. The van der Waals surface area contributed by atoms with E-state index in [1.807, 2.05) is 12.1 Å². The Morgan fingerprint density at radius 2 is 1.56 bits per heavy atom. The van der Waals surface area contributed by atoms with Crippen LogP contribution in [-0.4, -0.2) is 0 Å². The fourth-order valence-electron chi connectivity index (χ4n) is 2.07. The lowest BCUT2D eigenvalue weighted by Crippen LogP contribution is -1.85. The molecule has 0 fully saturated rings. The maximum absolute atomic E-state index is 3.86. The summed E-state index contributed by atoms with van der Waals surface area (Å²) in [5.41, 5.74) is 6.31. The van der Waals surface area contributed by atoms with Crippen molar-refractivity contribution in [3.63, 3.8) is 0 Å². The SMILES string of the molecule is C=Cc1ccccc1-c1cc(C)cc(C)c1. The van der Waals surface area contributed by atoms with E-state index in [1.165, 1.54) is 27.8 Å². The van der Waals surface area contributed by atoms with Gasteiger partial charge in [0.1, 0.15) is 0 Å². The number of aryl methyl sites for hydroxylation is 2. The van der Waals surface area contributed by atoms with E-state index in [0.717, 1.165) is 0 Å². The molecular formula is C16H16. The van der Waals surface area contributed by atoms with Crippen LogP contribution in [0.3, 0.4) is 0 Å². The normalized spacial score (nSPS) is 10.1. The number of hydrogen-bond acceptors (Lipinski definition) is 0. The molecule has 0 spiro atoms. The van der Waals surface area contributed by atoms with Crippen LogP contribution in [-0.2, 0) is 0 Å². The van der Waals surface area contributed by atoms with Crippen molar-refractivity contribution >= 4 is 6.08 Å². The minimum Gasteiger partial charge on any atom is -0.0984 e. The zero-order valence-corrected chi connectivity index (χ0v) is 9.83. The van der Waals surface area contributed by atoms with Crippen LogP contribution in [0, 0.1) is 13.8 Å². The first kappa shape index (κ1) is 10.7. The highest BCUT2D eigenvalue weighted by molar-refractivity contribution is 5.75. The molecule has 0 N–H and O–H groups in total. The Labute approximate surface area is 97.3 Å². The molecule has 0 aromatic heterocycles. The van der Waals surface area contributed by atoms with Crippen molar-refractivity contribution in [1.29, 1.82) is 0 Å². The van der Waals surface area contributed by atoms with Crippen LogP contribution < -0.4 is 0 Å². The lowest BCUT2D eigenvalue weighted by Gasteiger charge is -2.08. The molecule has 0 amide bonds. The third-order valence-corrected chi connectivity index (χ3v) is 2.71. The van der Waals surface area contributed by atoms with Gasteiger partial charge in [0.05, 0.1) is 0 Å². The van der Waals surface area contributed by atoms with Crippen LogP contribution >= 0.6 is 0 Å². The first-order valence-electron chi connectivity index (χ1n) is 5.51. The second kappa shape index (κ2) is 4.36. The Kier molecular flexibility index (Phi) is 2.91. The summed E-state index contributed by atoms with van der Waals surface area (Å²) >= 11 is 0. The zero-order chi connectivity index (χ0) is 11.5. The van der Waals surface area contributed by atoms with Gasteiger partial charge in [0.2, 0.25) is 0 Å². The molecule has 0 unspecified atom stereocenters. The molecule has 0 aliphatic rings. The van der Waals surface area contributed by atoms with Gasteiger partial charge in [0.25, 0.3) is 0 Å². The molecule has 0 heteroatoms. The monoisotopic (exact) mass is 208 g/mol. The highest BCUT2D eigenvalue weighted by atomic mass is 14.1. The Morgan fingerprint density at radius 3 is 2.19 bits per heavy atom. The fraction of sp³-hybridized carbons (Fsp3) is 0.125. The van der Waals surface area contributed by atoms with E-state index in [1.54, 1.807) is 0 Å². The third kappa shape index (κ3) is 2.06. The van der Waals surface area contributed by atoms with Crippen molar-refractivity contribution in [3.05, 3.63) is 65.7 Å².